The van der Waals surface area contributed by atoms with Gasteiger partial charge in [0.05, 0.1) is 31.2 Å². The van der Waals surface area contributed by atoms with Gasteiger partial charge in [0.2, 0.25) is 5.91 Å². The fourth-order valence-corrected chi connectivity index (χ4v) is 3.52. The summed E-state index contributed by atoms with van der Waals surface area (Å²) in [4.78, 5) is 24.7. The first-order valence-electron chi connectivity index (χ1n) is 9.89. The molecule has 4 aromatic rings. The molecule has 0 unspecified atom stereocenters. The lowest BCUT2D eigenvalue weighted by Gasteiger charge is -2.15. The van der Waals surface area contributed by atoms with Gasteiger partial charge in [-0.15, -0.1) is 0 Å². The third-order valence-corrected chi connectivity index (χ3v) is 4.98. The van der Waals surface area contributed by atoms with Crippen LogP contribution in [0.15, 0.2) is 71.5 Å². The third-order valence-electron chi connectivity index (χ3n) is 4.98. The van der Waals surface area contributed by atoms with E-state index in [0.717, 1.165) is 11.1 Å². The minimum atomic E-state index is -0.447. The van der Waals surface area contributed by atoms with Gasteiger partial charge in [0.25, 0.3) is 0 Å². The standard InChI is InChI=1S/C24H22N4O4/c1-15(29)25-20-13-17(16-7-5-4-6-8-16)9-12-21(20)28-23(26-27-24(28)30)19-11-10-18(31-2)14-22(19)32-3/h4-14H,1-3H3,(H,25,29)(H,27,30). The molecule has 0 radical (unpaired) electrons. The molecule has 1 amide bonds. The lowest BCUT2D eigenvalue weighted by molar-refractivity contribution is -0.114. The number of carbonyl (C=O) groups excluding carboxylic acids is 1. The zero-order valence-corrected chi connectivity index (χ0v) is 17.9. The van der Waals surface area contributed by atoms with Crippen molar-refractivity contribution in [3.05, 3.63) is 77.2 Å². The lowest BCUT2D eigenvalue weighted by Crippen LogP contribution is -2.18. The van der Waals surface area contributed by atoms with E-state index in [0.29, 0.717) is 34.3 Å². The van der Waals surface area contributed by atoms with Gasteiger partial charge < -0.3 is 14.8 Å². The first-order valence-corrected chi connectivity index (χ1v) is 9.89. The van der Waals surface area contributed by atoms with Gasteiger partial charge in [0, 0.05) is 13.0 Å². The van der Waals surface area contributed by atoms with Crippen LogP contribution in [0.5, 0.6) is 11.5 Å². The molecular weight excluding hydrogens is 408 g/mol. The normalized spacial score (nSPS) is 10.6. The monoisotopic (exact) mass is 430 g/mol. The van der Waals surface area contributed by atoms with Crippen LogP contribution in [0.4, 0.5) is 5.69 Å². The number of anilines is 1. The van der Waals surface area contributed by atoms with Crippen LogP contribution in [-0.4, -0.2) is 34.9 Å². The second-order valence-electron chi connectivity index (χ2n) is 7.03. The smallest absolute Gasteiger partial charge is 0.348 e. The molecule has 32 heavy (non-hydrogen) atoms. The van der Waals surface area contributed by atoms with Crippen molar-refractivity contribution in [3.8, 4) is 39.7 Å². The van der Waals surface area contributed by atoms with Gasteiger partial charge in [0.15, 0.2) is 5.82 Å². The summed E-state index contributed by atoms with van der Waals surface area (Å²) in [7, 11) is 3.09. The summed E-state index contributed by atoms with van der Waals surface area (Å²) in [5.41, 5.74) is 2.99. The molecule has 0 aliphatic carbocycles. The number of rotatable bonds is 6. The fourth-order valence-electron chi connectivity index (χ4n) is 3.52. The molecule has 162 valence electrons. The van der Waals surface area contributed by atoms with Crippen molar-refractivity contribution in [2.24, 2.45) is 0 Å². The zero-order chi connectivity index (χ0) is 22.7. The molecular formula is C24H22N4O4. The van der Waals surface area contributed by atoms with Crippen molar-refractivity contribution in [3.63, 3.8) is 0 Å². The van der Waals surface area contributed by atoms with Crippen molar-refractivity contribution in [2.75, 3.05) is 19.5 Å². The highest BCUT2D eigenvalue weighted by Gasteiger charge is 2.20. The van der Waals surface area contributed by atoms with Crippen LogP contribution in [0.3, 0.4) is 0 Å². The summed E-state index contributed by atoms with van der Waals surface area (Å²) < 4.78 is 12.2. The average molecular weight is 430 g/mol. The summed E-state index contributed by atoms with van der Waals surface area (Å²) in [6.45, 7) is 1.42. The Morgan fingerprint density at radius 2 is 1.75 bits per heavy atom. The second kappa shape index (κ2) is 8.81. The molecule has 8 heteroatoms. The number of amides is 1. The molecule has 1 aromatic heterocycles. The first kappa shape index (κ1) is 20.9. The van der Waals surface area contributed by atoms with Gasteiger partial charge in [0.1, 0.15) is 11.5 Å². The second-order valence-corrected chi connectivity index (χ2v) is 7.03. The Morgan fingerprint density at radius 3 is 2.44 bits per heavy atom. The van der Waals surface area contributed by atoms with Crippen LogP contribution in [-0.2, 0) is 4.79 Å². The number of hydrogen-bond acceptors (Lipinski definition) is 5. The number of benzene rings is 3. The third kappa shape index (κ3) is 3.98. The molecule has 1 heterocycles. The van der Waals surface area contributed by atoms with E-state index >= 15 is 0 Å². The predicted molar refractivity (Wildman–Crippen MR) is 122 cm³/mol. The Morgan fingerprint density at radius 1 is 0.969 bits per heavy atom. The number of nitrogens with one attached hydrogen (secondary N) is 2. The molecule has 0 aliphatic heterocycles. The highest BCUT2D eigenvalue weighted by Crippen LogP contribution is 2.34. The largest absolute Gasteiger partial charge is 0.497 e. The Bertz CT molecular complexity index is 1330. The van der Waals surface area contributed by atoms with Crippen molar-refractivity contribution in [1.29, 1.82) is 0 Å². The number of carbonyl (C=O) groups is 1. The molecule has 3 aromatic carbocycles. The number of ether oxygens (including phenoxy) is 2. The number of methoxy groups -OCH3 is 2. The van der Waals surface area contributed by atoms with E-state index in [1.807, 2.05) is 42.5 Å². The number of aromatic nitrogens is 3. The number of nitrogens with zero attached hydrogens (tertiary/aromatic N) is 2. The molecule has 0 spiro atoms. The number of H-pyrrole nitrogens is 1. The molecule has 0 fully saturated rings. The van der Waals surface area contributed by atoms with Gasteiger partial charge >= 0.3 is 5.69 Å². The topological polar surface area (TPSA) is 98.2 Å². The van der Waals surface area contributed by atoms with Gasteiger partial charge in [-0.2, -0.15) is 5.10 Å². The zero-order valence-electron chi connectivity index (χ0n) is 17.9. The van der Waals surface area contributed by atoms with Crippen LogP contribution < -0.4 is 20.5 Å². The van der Waals surface area contributed by atoms with Crippen LogP contribution in [0, 0.1) is 0 Å². The van der Waals surface area contributed by atoms with E-state index in [4.69, 9.17) is 9.47 Å². The quantitative estimate of drug-likeness (QED) is 0.484. The molecule has 0 aliphatic rings. The molecule has 0 saturated carbocycles. The van der Waals surface area contributed by atoms with Crippen LogP contribution in [0.25, 0.3) is 28.2 Å². The Kier molecular flexibility index (Phi) is 5.76. The van der Waals surface area contributed by atoms with Crippen LogP contribution >= 0.6 is 0 Å². The van der Waals surface area contributed by atoms with Crippen molar-refractivity contribution < 1.29 is 14.3 Å². The van der Waals surface area contributed by atoms with Crippen molar-refractivity contribution >= 4 is 11.6 Å². The maximum atomic E-state index is 12.8. The predicted octanol–water partition coefficient (Wildman–Crippen LogP) is 3.87. The highest BCUT2D eigenvalue weighted by molar-refractivity contribution is 5.92. The minimum Gasteiger partial charge on any atom is -0.497 e. The van der Waals surface area contributed by atoms with Gasteiger partial charge in [-0.25, -0.2) is 14.5 Å². The highest BCUT2D eigenvalue weighted by atomic mass is 16.5. The maximum absolute atomic E-state index is 12.8. The van der Waals surface area contributed by atoms with E-state index in [1.54, 1.807) is 31.4 Å². The van der Waals surface area contributed by atoms with Crippen LogP contribution in [0.2, 0.25) is 0 Å². The molecule has 2 N–H and O–H groups in total. The fraction of sp³-hybridized carbons (Fsp3) is 0.125. The average Bonchev–Trinajstić information content (AvgIpc) is 3.19. The van der Waals surface area contributed by atoms with Gasteiger partial charge in [-0.1, -0.05) is 36.4 Å². The van der Waals surface area contributed by atoms with Crippen molar-refractivity contribution in [2.45, 2.75) is 6.92 Å². The van der Waals surface area contributed by atoms with Crippen molar-refractivity contribution in [1.82, 2.24) is 14.8 Å². The SMILES string of the molecule is COc1ccc(-c2n[nH]c(=O)n2-c2ccc(-c3ccccc3)cc2NC(C)=O)c(OC)c1. The first-order chi connectivity index (χ1) is 15.5. The summed E-state index contributed by atoms with van der Waals surface area (Å²) in [6.07, 6.45) is 0. The molecule has 4 rings (SSSR count). The summed E-state index contributed by atoms with van der Waals surface area (Å²) >= 11 is 0. The lowest BCUT2D eigenvalue weighted by atomic mass is 10.0. The Hall–Kier alpha value is -4.33. The summed E-state index contributed by atoms with van der Waals surface area (Å²) in [5, 5.41) is 9.55. The van der Waals surface area contributed by atoms with E-state index in [2.05, 4.69) is 15.5 Å². The number of hydrogen-bond donors (Lipinski definition) is 2. The Labute approximate surface area is 184 Å². The summed E-state index contributed by atoms with van der Waals surface area (Å²) in [6, 6.07) is 20.5. The maximum Gasteiger partial charge on any atom is 0.348 e. The van der Waals surface area contributed by atoms with E-state index in [9.17, 15) is 9.59 Å². The van der Waals surface area contributed by atoms with Crippen LogP contribution in [0.1, 0.15) is 6.92 Å². The molecule has 0 atom stereocenters. The Balaban J connectivity index is 1.91. The number of aromatic amines is 1. The molecule has 0 bridgehead atoms. The summed E-state index contributed by atoms with van der Waals surface area (Å²) in [5.74, 6) is 1.19. The van der Waals surface area contributed by atoms with E-state index in [1.165, 1.54) is 18.6 Å². The van der Waals surface area contributed by atoms with Gasteiger partial charge in [-0.05, 0) is 35.4 Å². The molecule has 8 nitrogen and oxygen atoms in total. The van der Waals surface area contributed by atoms with E-state index < -0.39 is 5.69 Å². The molecule has 0 saturated heterocycles. The van der Waals surface area contributed by atoms with E-state index in [-0.39, 0.29) is 5.91 Å². The van der Waals surface area contributed by atoms with Gasteiger partial charge in [-0.3, -0.25) is 4.79 Å². The minimum absolute atomic E-state index is 0.253.